The number of anilines is 1. The topological polar surface area (TPSA) is 52.9 Å². The molecule has 3 atom stereocenters. The van der Waals surface area contributed by atoms with Crippen LogP contribution >= 0.6 is 11.6 Å². The summed E-state index contributed by atoms with van der Waals surface area (Å²) in [5, 5.41) is 12.1. The van der Waals surface area contributed by atoms with E-state index < -0.39 is 0 Å². The highest BCUT2D eigenvalue weighted by molar-refractivity contribution is 6.33. The molecule has 1 N–H and O–H groups in total. The Bertz CT molecular complexity index is 564. The van der Waals surface area contributed by atoms with E-state index in [1.54, 1.807) is 18.2 Å². The Morgan fingerprint density at radius 3 is 2.79 bits per heavy atom. The van der Waals surface area contributed by atoms with E-state index in [0.717, 1.165) is 12.3 Å². The van der Waals surface area contributed by atoms with Crippen molar-refractivity contribution in [2.45, 2.75) is 25.7 Å². The number of benzene rings is 1. The monoisotopic (exact) mass is 274 g/mol. The normalized spacial score (nSPS) is 28.1. The number of halogens is 1. The summed E-state index contributed by atoms with van der Waals surface area (Å²) < 4.78 is 0. The molecule has 3 rings (SSSR count). The van der Waals surface area contributed by atoms with Crippen LogP contribution in [0.2, 0.25) is 5.02 Å². The summed E-state index contributed by atoms with van der Waals surface area (Å²) >= 11 is 6.07. The van der Waals surface area contributed by atoms with Crippen LogP contribution in [0.4, 0.5) is 5.69 Å². The molecule has 0 heterocycles. The van der Waals surface area contributed by atoms with Crippen molar-refractivity contribution in [3.63, 3.8) is 0 Å². The molecule has 98 valence electrons. The van der Waals surface area contributed by atoms with Crippen LogP contribution in [-0.2, 0) is 4.79 Å². The molecule has 2 fully saturated rings. The van der Waals surface area contributed by atoms with E-state index in [2.05, 4.69) is 5.32 Å². The Morgan fingerprint density at radius 2 is 2.21 bits per heavy atom. The van der Waals surface area contributed by atoms with Gasteiger partial charge in [0.2, 0.25) is 5.91 Å². The molecule has 4 heteroatoms. The van der Waals surface area contributed by atoms with Crippen molar-refractivity contribution in [3.8, 4) is 6.07 Å². The van der Waals surface area contributed by atoms with Gasteiger partial charge < -0.3 is 5.32 Å². The Morgan fingerprint density at radius 1 is 1.37 bits per heavy atom. The minimum absolute atomic E-state index is 0.0822. The van der Waals surface area contributed by atoms with Crippen LogP contribution in [0, 0.1) is 29.1 Å². The largest absolute Gasteiger partial charge is 0.325 e. The molecule has 3 nitrogen and oxygen atoms in total. The van der Waals surface area contributed by atoms with E-state index >= 15 is 0 Å². The summed E-state index contributed by atoms with van der Waals surface area (Å²) in [6.45, 7) is 0. The number of nitrogens with zero attached hydrogens (tertiary/aromatic N) is 1. The maximum absolute atomic E-state index is 12.3. The lowest BCUT2D eigenvalue weighted by Gasteiger charge is -2.21. The van der Waals surface area contributed by atoms with Crippen LogP contribution in [0.1, 0.15) is 31.2 Å². The number of nitrogens with one attached hydrogen (secondary N) is 1. The molecule has 0 radical (unpaired) electrons. The third-order valence-corrected chi connectivity index (χ3v) is 4.74. The third-order valence-electron chi connectivity index (χ3n) is 4.43. The van der Waals surface area contributed by atoms with Gasteiger partial charge in [-0.3, -0.25) is 4.79 Å². The summed E-state index contributed by atoms with van der Waals surface area (Å²) in [6, 6.07) is 6.98. The fraction of sp³-hybridized carbons (Fsp3) is 0.467. The molecule has 0 spiro atoms. The van der Waals surface area contributed by atoms with Crippen molar-refractivity contribution in [3.05, 3.63) is 28.8 Å². The molecule has 2 aliphatic rings. The zero-order valence-electron chi connectivity index (χ0n) is 10.5. The lowest BCUT2D eigenvalue weighted by atomic mass is 9.88. The SMILES string of the molecule is N#Cc1ccc(NC(=O)C2CC3CCC2C3)c(Cl)c1. The van der Waals surface area contributed by atoms with Gasteiger partial charge in [-0.15, -0.1) is 0 Å². The van der Waals surface area contributed by atoms with Gasteiger partial charge in [0.1, 0.15) is 0 Å². The Hall–Kier alpha value is -1.53. The number of carbonyl (C=O) groups is 1. The number of nitriles is 1. The Labute approximate surface area is 117 Å². The van der Waals surface area contributed by atoms with Gasteiger partial charge in [0.15, 0.2) is 0 Å². The van der Waals surface area contributed by atoms with Gasteiger partial charge in [0.05, 0.1) is 22.3 Å². The van der Waals surface area contributed by atoms with Crippen LogP contribution < -0.4 is 5.32 Å². The Kier molecular flexibility index (Phi) is 3.20. The van der Waals surface area contributed by atoms with E-state index in [4.69, 9.17) is 16.9 Å². The quantitative estimate of drug-likeness (QED) is 0.896. The van der Waals surface area contributed by atoms with E-state index in [1.165, 1.54) is 19.3 Å². The lowest BCUT2D eigenvalue weighted by molar-refractivity contribution is -0.121. The standard InChI is InChI=1S/C15H15ClN2O/c16-13-7-10(8-17)2-4-14(13)18-15(19)12-6-9-1-3-11(12)5-9/h2,4,7,9,11-12H,1,3,5-6H2,(H,18,19). The maximum atomic E-state index is 12.3. The molecule has 3 unspecified atom stereocenters. The van der Waals surface area contributed by atoms with Crippen molar-refractivity contribution in [1.82, 2.24) is 0 Å². The van der Waals surface area contributed by atoms with Gasteiger partial charge >= 0.3 is 0 Å². The first-order valence-corrected chi connectivity index (χ1v) is 7.05. The highest BCUT2D eigenvalue weighted by Crippen LogP contribution is 2.48. The second-order valence-corrected chi connectivity index (χ2v) is 5.98. The summed E-state index contributed by atoms with van der Waals surface area (Å²) in [5.41, 5.74) is 1.11. The van der Waals surface area contributed by atoms with Gasteiger partial charge in [-0.2, -0.15) is 5.26 Å². The minimum atomic E-state index is 0.0822. The van der Waals surface area contributed by atoms with E-state index in [9.17, 15) is 4.79 Å². The predicted molar refractivity (Wildman–Crippen MR) is 73.7 cm³/mol. The molecular weight excluding hydrogens is 260 g/mol. The van der Waals surface area contributed by atoms with E-state index in [0.29, 0.717) is 22.2 Å². The first kappa shape index (κ1) is 12.5. The van der Waals surface area contributed by atoms with Crippen molar-refractivity contribution < 1.29 is 4.79 Å². The molecule has 0 aromatic heterocycles. The van der Waals surface area contributed by atoms with E-state index in [1.807, 2.05) is 6.07 Å². The fourth-order valence-corrected chi connectivity index (χ4v) is 3.71. The van der Waals surface area contributed by atoms with Gasteiger partial charge in [0, 0.05) is 5.92 Å². The van der Waals surface area contributed by atoms with Gasteiger partial charge in [-0.1, -0.05) is 18.0 Å². The first-order valence-electron chi connectivity index (χ1n) is 6.68. The van der Waals surface area contributed by atoms with E-state index in [-0.39, 0.29) is 11.8 Å². The zero-order valence-corrected chi connectivity index (χ0v) is 11.3. The number of rotatable bonds is 2. The van der Waals surface area contributed by atoms with Crippen LogP contribution in [0.5, 0.6) is 0 Å². The number of hydrogen-bond donors (Lipinski definition) is 1. The number of hydrogen-bond acceptors (Lipinski definition) is 2. The average molecular weight is 275 g/mol. The van der Waals surface area contributed by atoms with Crippen molar-refractivity contribution >= 4 is 23.2 Å². The first-order chi connectivity index (χ1) is 9.17. The molecule has 1 aromatic carbocycles. The van der Waals surface area contributed by atoms with Gasteiger partial charge in [-0.25, -0.2) is 0 Å². The maximum Gasteiger partial charge on any atom is 0.227 e. The van der Waals surface area contributed by atoms with Crippen LogP contribution in [0.3, 0.4) is 0 Å². The molecule has 1 aromatic rings. The van der Waals surface area contributed by atoms with Crippen LogP contribution in [-0.4, -0.2) is 5.91 Å². The number of amides is 1. The highest BCUT2D eigenvalue weighted by atomic mass is 35.5. The summed E-state index contributed by atoms with van der Waals surface area (Å²) in [4.78, 5) is 12.3. The van der Waals surface area contributed by atoms with Crippen molar-refractivity contribution in [2.24, 2.45) is 17.8 Å². The average Bonchev–Trinajstić information content (AvgIpc) is 3.03. The number of fused-ring (bicyclic) bond motifs is 2. The highest BCUT2D eigenvalue weighted by Gasteiger charge is 2.43. The summed E-state index contributed by atoms with van der Waals surface area (Å²) in [5.74, 6) is 1.53. The molecule has 1 amide bonds. The molecule has 2 aliphatic carbocycles. The van der Waals surface area contributed by atoms with Crippen molar-refractivity contribution in [2.75, 3.05) is 5.32 Å². The minimum Gasteiger partial charge on any atom is -0.325 e. The zero-order chi connectivity index (χ0) is 13.4. The summed E-state index contributed by atoms with van der Waals surface area (Å²) in [7, 11) is 0. The second-order valence-electron chi connectivity index (χ2n) is 5.58. The molecule has 0 aliphatic heterocycles. The van der Waals surface area contributed by atoms with Gasteiger partial charge in [0.25, 0.3) is 0 Å². The smallest absolute Gasteiger partial charge is 0.227 e. The molecular formula is C15H15ClN2O. The molecule has 0 saturated heterocycles. The lowest BCUT2D eigenvalue weighted by Crippen LogP contribution is -2.27. The second kappa shape index (κ2) is 4.86. The predicted octanol–water partition coefficient (Wildman–Crippen LogP) is 3.59. The fourth-order valence-electron chi connectivity index (χ4n) is 3.48. The van der Waals surface area contributed by atoms with Crippen LogP contribution in [0.15, 0.2) is 18.2 Å². The molecule has 2 bridgehead atoms. The third kappa shape index (κ3) is 2.33. The van der Waals surface area contributed by atoms with Crippen molar-refractivity contribution in [1.29, 1.82) is 5.26 Å². The summed E-state index contributed by atoms with van der Waals surface area (Å²) in [6.07, 6.45) is 4.69. The number of carbonyl (C=O) groups excluding carboxylic acids is 1. The van der Waals surface area contributed by atoms with Crippen LogP contribution in [0.25, 0.3) is 0 Å². The van der Waals surface area contributed by atoms with Gasteiger partial charge in [-0.05, 0) is 49.3 Å². The molecule has 2 saturated carbocycles. The Balaban J connectivity index is 1.72. The molecule has 19 heavy (non-hydrogen) atoms.